The molecule has 4 nitrogen and oxygen atoms in total. The number of amides is 1. The van der Waals surface area contributed by atoms with Crippen molar-refractivity contribution in [2.24, 2.45) is 5.73 Å². The van der Waals surface area contributed by atoms with Gasteiger partial charge in [0.15, 0.2) is 0 Å². The summed E-state index contributed by atoms with van der Waals surface area (Å²) in [4.78, 5) is 10.9. The molecule has 0 aromatic rings. The van der Waals surface area contributed by atoms with E-state index in [9.17, 15) is 13.6 Å². The number of alkyl halides is 2. The fraction of sp³-hybridized carbons (Fsp3) is 0.889. The molecule has 0 bridgehead atoms. The van der Waals surface area contributed by atoms with E-state index >= 15 is 0 Å². The number of hydrogen-bond acceptors (Lipinski definition) is 3. The lowest BCUT2D eigenvalue weighted by atomic mass is 10.1. The van der Waals surface area contributed by atoms with Crippen molar-refractivity contribution in [3.63, 3.8) is 0 Å². The lowest BCUT2D eigenvalue weighted by molar-refractivity contribution is 0.0820. The molecule has 0 saturated heterocycles. The summed E-state index contributed by atoms with van der Waals surface area (Å²) in [6.07, 6.45) is -1.91. The largest absolute Gasteiger partial charge is 0.450 e. The van der Waals surface area contributed by atoms with Crippen LogP contribution in [0.5, 0.6) is 0 Å². The molecule has 0 saturated carbocycles. The molecule has 0 aromatic heterocycles. The third kappa shape index (κ3) is 7.07. The topological polar surface area (TPSA) is 64.3 Å². The Hall–Kier alpha value is -0.910. The Kier molecular flexibility index (Phi) is 7.89. The summed E-state index contributed by atoms with van der Waals surface area (Å²) in [5.74, 6) is 0. The average Bonchev–Trinajstić information content (AvgIpc) is 2.16. The van der Waals surface area contributed by atoms with Crippen molar-refractivity contribution in [2.45, 2.75) is 38.7 Å². The van der Waals surface area contributed by atoms with E-state index in [1.54, 1.807) is 6.92 Å². The SMILES string of the molecule is CCOC(=O)NC(CCCCN)C(F)F. The molecule has 6 heteroatoms. The van der Waals surface area contributed by atoms with Crippen molar-refractivity contribution in [2.75, 3.05) is 13.2 Å². The maximum Gasteiger partial charge on any atom is 0.407 e. The number of alkyl carbamates (subject to hydrolysis) is 1. The van der Waals surface area contributed by atoms with E-state index in [2.05, 4.69) is 10.1 Å². The monoisotopic (exact) mass is 224 g/mol. The molecular formula is C9H18F2N2O2. The standard InChI is InChI=1S/C9H18F2N2O2/c1-2-15-9(14)13-7(8(10)11)5-3-4-6-12/h7-8H,2-6,12H2,1H3,(H,13,14). The summed E-state index contributed by atoms with van der Waals surface area (Å²) < 4.78 is 29.4. The van der Waals surface area contributed by atoms with Gasteiger partial charge in [-0.05, 0) is 32.7 Å². The second-order valence-corrected chi connectivity index (χ2v) is 3.09. The summed E-state index contributed by atoms with van der Waals surface area (Å²) in [6, 6.07) is -1.14. The molecule has 0 aliphatic rings. The summed E-state index contributed by atoms with van der Waals surface area (Å²) in [5.41, 5.74) is 5.24. The van der Waals surface area contributed by atoms with Crippen LogP contribution in [0.2, 0.25) is 0 Å². The number of ether oxygens (including phenoxy) is 1. The first kappa shape index (κ1) is 14.1. The Labute approximate surface area is 88.2 Å². The average molecular weight is 224 g/mol. The molecule has 0 rings (SSSR count). The van der Waals surface area contributed by atoms with Crippen molar-refractivity contribution in [1.29, 1.82) is 0 Å². The number of hydrogen-bond donors (Lipinski definition) is 2. The highest BCUT2D eigenvalue weighted by atomic mass is 19.3. The first-order chi connectivity index (χ1) is 7.11. The Morgan fingerprint density at radius 1 is 1.47 bits per heavy atom. The van der Waals surface area contributed by atoms with Gasteiger partial charge in [0, 0.05) is 0 Å². The van der Waals surface area contributed by atoms with Crippen LogP contribution in [-0.4, -0.2) is 31.7 Å². The molecule has 0 spiro atoms. The molecule has 0 aromatic carbocycles. The quantitative estimate of drug-likeness (QED) is 0.644. The third-order valence-corrected chi connectivity index (χ3v) is 1.85. The van der Waals surface area contributed by atoms with E-state index in [4.69, 9.17) is 5.73 Å². The van der Waals surface area contributed by atoms with E-state index in [0.29, 0.717) is 19.4 Å². The van der Waals surface area contributed by atoms with Crippen LogP contribution in [-0.2, 0) is 4.74 Å². The van der Waals surface area contributed by atoms with Crippen LogP contribution in [0.1, 0.15) is 26.2 Å². The third-order valence-electron chi connectivity index (χ3n) is 1.85. The van der Waals surface area contributed by atoms with Crippen molar-refractivity contribution in [3.8, 4) is 0 Å². The highest BCUT2D eigenvalue weighted by Crippen LogP contribution is 2.09. The van der Waals surface area contributed by atoms with E-state index in [-0.39, 0.29) is 13.0 Å². The van der Waals surface area contributed by atoms with Crippen molar-refractivity contribution in [3.05, 3.63) is 0 Å². The summed E-state index contributed by atoms with van der Waals surface area (Å²) in [6.45, 7) is 2.26. The van der Waals surface area contributed by atoms with Crippen LogP contribution >= 0.6 is 0 Å². The van der Waals surface area contributed by atoms with Crippen molar-refractivity contribution < 1.29 is 18.3 Å². The van der Waals surface area contributed by atoms with Crippen LogP contribution in [0, 0.1) is 0 Å². The van der Waals surface area contributed by atoms with Crippen LogP contribution in [0.4, 0.5) is 13.6 Å². The zero-order valence-corrected chi connectivity index (χ0v) is 8.84. The minimum atomic E-state index is -2.58. The van der Waals surface area contributed by atoms with Crippen LogP contribution in [0.15, 0.2) is 0 Å². The minimum absolute atomic E-state index is 0.171. The number of nitrogens with one attached hydrogen (secondary N) is 1. The fourth-order valence-corrected chi connectivity index (χ4v) is 1.09. The highest BCUT2D eigenvalue weighted by Gasteiger charge is 2.22. The number of halogens is 2. The smallest absolute Gasteiger partial charge is 0.407 e. The van der Waals surface area contributed by atoms with Gasteiger partial charge >= 0.3 is 6.09 Å². The second kappa shape index (κ2) is 8.40. The number of rotatable bonds is 7. The molecule has 1 atom stereocenters. The van der Waals surface area contributed by atoms with E-state index in [0.717, 1.165) is 0 Å². The van der Waals surface area contributed by atoms with Gasteiger partial charge in [-0.15, -0.1) is 0 Å². The zero-order valence-electron chi connectivity index (χ0n) is 8.84. The molecule has 15 heavy (non-hydrogen) atoms. The van der Waals surface area contributed by atoms with Gasteiger partial charge in [0.2, 0.25) is 0 Å². The molecule has 0 aliphatic carbocycles. The zero-order chi connectivity index (χ0) is 11.7. The normalized spacial score (nSPS) is 12.6. The van der Waals surface area contributed by atoms with E-state index < -0.39 is 18.6 Å². The van der Waals surface area contributed by atoms with Gasteiger partial charge in [-0.2, -0.15) is 0 Å². The molecule has 0 heterocycles. The van der Waals surface area contributed by atoms with Crippen LogP contribution in [0.25, 0.3) is 0 Å². The minimum Gasteiger partial charge on any atom is -0.450 e. The van der Waals surface area contributed by atoms with Gasteiger partial charge in [0.05, 0.1) is 12.6 Å². The predicted molar refractivity (Wildman–Crippen MR) is 52.9 cm³/mol. The maximum atomic E-state index is 12.4. The molecule has 1 amide bonds. The Morgan fingerprint density at radius 3 is 2.60 bits per heavy atom. The van der Waals surface area contributed by atoms with Gasteiger partial charge in [0.1, 0.15) is 0 Å². The molecule has 1 unspecified atom stereocenters. The number of carbonyl (C=O) groups is 1. The van der Waals surface area contributed by atoms with Gasteiger partial charge < -0.3 is 15.8 Å². The van der Waals surface area contributed by atoms with Crippen LogP contribution < -0.4 is 11.1 Å². The second-order valence-electron chi connectivity index (χ2n) is 3.09. The summed E-state index contributed by atoms with van der Waals surface area (Å²) in [5, 5.41) is 2.12. The van der Waals surface area contributed by atoms with Crippen molar-refractivity contribution in [1.82, 2.24) is 5.32 Å². The first-order valence-corrected chi connectivity index (χ1v) is 5.03. The van der Waals surface area contributed by atoms with Gasteiger partial charge in [-0.3, -0.25) is 0 Å². The molecule has 0 fully saturated rings. The maximum absolute atomic E-state index is 12.4. The molecule has 90 valence electrons. The molecule has 0 aliphatic heterocycles. The van der Waals surface area contributed by atoms with E-state index in [1.807, 2.05) is 0 Å². The van der Waals surface area contributed by atoms with Gasteiger partial charge in [0.25, 0.3) is 6.43 Å². The number of carbonyl (C=O) groups excluding carboxylic acids is 1. The van der Waals surface area contributed by atoms with Crippen molar-refractivity contribution >= 4 is 6.09 Å². The molecular weight excluding hydrogens is 206 g/mol. The van der Waals surface area contributed by atoms with E-state index in [1.165, 1.54) is 0 Å². The van der Waals surface area contributed by atoms with Gasteiger partial charge in [-0.1, -0.05) is 0 Å². The summed E-state index contributed by atoms with van der Waals surface area (Å²) in [7, 11) is 0. The lowest BCUT2D eigenvalue weighted by Gasteiger charge is -2.17. The first-order valence-electron chi connectivity index (χ1n) is 5.03. The highest BCUT2D eigenvalue weighted by molar-refractivity contribution is 5.67. The Bertz CT molecular complexity index is 179. The molecule has 0 radical (unpaired) electrons. The Balaban J connectivity index is 3.87. The lowest BCUT2D eigenvalue weighted by Crippen LogP contribution is -2.40. The van der Waals surface area contributed by atoms with Gasteiger partial charge in [-0.25, -0.2) is 13.6 Å². The van der Waals surface area contributed by atoms with Crippen LogP contribution in [0.3, 0.4) is 0 Å². The fourth-order valence-electron chi connectivity index (χ4n) is 1.09. The predicted octanol–water partition coefficient (Wildman–Crippen LogP) is 1.50. The Morgan fingerprint density at radius 2 is 2.13 bits per heavy atom. The number of nitrogens with two attached hydrogens (primary N) is 1. The number of unbranched alkanes of at least 4 members (excludes halogenated alkanes) is 1. The molecule has 3 N–H and O–H groups in total. The summed E-state index contributed by atoms with van der Waals surface area (Å²) >= 11 is 0.